The molecule has 3 rings (SSSR count). The molecule has 0 aliphatic rings. The van der Waals surface area contributed by atoms with Gasteiger partial charge in [0.15, 0.2) is 0 Å². The SMILES string of the molecule is CCOC(=O)c1cc(-c2ccnc(Nc3cc(C#N)cc(OC)c3)n2)nn1C. The molecule has 0 amide bonds. The number of carbonyl (C=O) groups is 1. The van der Waals surface area contributed by atoms with Crippen molar-refractivity contribution in [1.82, 2.24) is 19.7 Å². The number of rotatable bonds is 6. The van der Waals surface area contributed by atoms with E-state index in [1.54, 1.807) is 50.5 Å². The Hall–Kier alpha value is -3.93. The molecule has 28 heavy (non-hydrogen) atoms. The molecular weight excluding hydrogens is 360 g/mol. The molecule has 0 aliphatic heterocycles. The second-order valence-electron chi connectivity index (χ2n) is 5.71. The summed E-state index contributed by atoms with van der Waals surface area (Å²) in [6.07, 6.45) is 1.58. The molecule has 0 spiro atoms. The average Bonchev–Trinajstić information content (AvgIpc) is 3.10. The van der Waals surface area contributed by atoms with Crippen LogP contribution in [-0.4, -0.2) is 39.4 Å². The van der Waals surface area contributed by atoms with Gasteiger partial charge in [-0.25, -0.2) is 14.8 Å². The van der Waals surface area contributed by atoms with E-state index in [1.165, 1.54) is 11.8 Å². The number of esters is 1. The third kappa shape index (κ3) is 4.07. The van der Waals surface area contributed by atoms with E-state index in [4.69, 9.17) is 14.7 Å². The number of benzene rings is 1. The van der Waals surface area contributed by atoms with Gasteiger partial charge in [-0.15, -0.1) is 0 Å². The smallest absolute Gasteiger partial charge is 0.356 e. The molecule has 0 saturated carbocycles. The molecule has 3 aromatic rings. The van der Waals surface area contributed by atoms with Crippen molar-refractivity contribution in [1.29, 1.82) is 5.26 Å². The van der Waals surface area contributed by atoms with E-state index in [0.717, 1.165) is 0 Å². The van der Waals surface area contributed by atoms with Crippen LogP contribution in [0.15, 0.2) is 36.5 Å². The number of nitrogens with one attached hydrogen (secondary N) is 1. The lowest BCUT2D eigenvalue weighted by Gasteiger charge is -2.08. The molecule has 9 heteroatoms. The van der Waals surface area contributed by atoms with Crippen LogP contribution in [0, 0.1) is 11.3 Å². The maximum atomic E-state index is 12.0. The van der Waals surface area contributed by atoms with Crippen molar-refractivity contribution in [3.8, 4) is 23.2 Å². The normalized spacial score (nSPS) is 10.2. The van der Waals surface area contributed by atoms with Crippen LogP contribution in [0.25, 0.3) is 11.4 Å². The molecule has 0 bridgehead atoms. The molecule has 142 valence electrons. The molecule has 2 aromatic heterocycles. The maximum absolute atomic E-state index is 12.0. The number of carbonyl (C=O) groups excluding carboxylic acids is 1. The van der Waals surface area contributed by atoms with Crippen molar-refractivity contribution in [2.24, 2.45) is 7.05 Å². The van der Waals surface area contributed by atoms with Gasteiger partial charge in [0, 0.05) is 31.1 Å². The van der Waals surface area contributed by atoms with Crippen molar-refractivity contribution in [2.75, 3.05) is 19.0 Å². The van der Waals surface area contributed by atoms with Crippen LogP contribution in [0.1, 0.15) is 23.0 Å². The van der Waals surface area contributed by atoms with E-state index in [2.05, 4.69) is 26.5 Å². The van der Waals surface area contributed by atoms with E-state index < -0.39 is 5.97 Å². The first kappa shape index (κ1) is 18.8. The van der Waals surface area contributed by atoms with Gasteiger partial charge in [0.25, 0.3) is 0 Å². The summed E-state index contributed by atoms with van der Waals surface area (Å²) in [5, 5.41) is 16.5. The fourth-order valence-electron chi connectivity index (χ4n) is 2.53. The molecule has 0 aliphatic carbocycles. The predicted octanol–water partition coefficient (Wildman–Crippen LogP) is 2.68. The van der Waals surface area contributed by atoms with Crippen molar-refractivity contribution < 1.29 is 14.3 Å². The Labute approximate surface area is 161 Å². The van der Waals surface area contributed by atoms with Crippen LogP contribution >= 0.6 is 0 Å². The van der Waals surface area contributed by atoms with Crippen LogP contribution in [0.5, 0.6) is 5.75 Å². The Kier molecular flexibility index (Phi) is 5.50. The van der Waals surface area contributed by atoms with Crippen LogP contribution in [0.2, 0.25) is 0 Å². The number of methoxy groups -OCH3 is 1. The van der Waals surface area contributed by atoms with Gasteiger partial charge in [0.2, 0.25) is 5.95 Å². The van der Waals surface area contributed by atoms with Crippen molar-refractivity contribution in [3.63, 3.8) is 0 Å². The highest BCUT2D eigenvalue weighted by Gasteiger charge is 2.16. The molecule has 0 saturated heterocycles. The lowest BCUT2D eigenvalue weighted by Crippen LogP contribution is -2.10. The van der Waals surface area contributed by atoms with Gasteiger partial charge >= 0.3 is 5.97 Å². The number of aryl methyl sites for hydroxylation is 1. The summed E-state index contributed by atoms with van der Waals surface area (Å²) in [7, 11) is 3.19. The van der Waals surface area contributed by atoms with Crippen LogP contribution in [-0.2, 0) is 11.8 Å². The summed E-state index contributed by atoms with van der Waals surface area (Å²) in [4.78, 5) is 20.6. The summed E-state index contributed by atoms with van der Waals surface area (Å²) in [5.41, 5.74) is 2.44. The first-order valence-electron chi connectivity index (χ1n) is 8.44. The zero-order chi connectivity index (χ0) is 20.1. The fraction of sp³-hybridized carbons (Fsp3) is 0.211. The number of nitriles is 1. The minimum Gasteiger partial charge on any atom is -0.497 e. The number of hydrogen-bond donors (Lipinski definition) is 1. The third-order valence-corrected chi connectivity index (χ3v) is 3.81. The first-order valence-corrected chi connectivity index (χ1v) is 8.44. The molecule has 0 fully saturated rings. The number of aromatic nitrogens is 4. The quantitative estimate of drug-likeness (QED) is 0.651. The number of ether oxygens (including phenoxy) is 2. The number of nitrogens with zero attached hydrogens (tertiary/aromatic N) is 5. The van der Waals surface area contributed by atoms with Gasteiger partial charge in [0.05, 0.1) is 31.0 Å². The Bertz CT molecular complexity index is 1050. The summed E-state index contributed by atoms with van der Waals surface area (Å²) in [5.74, 6) is 0.413. The van der Waals surface area contributed by atoms with Crippen molar-refractivity contribution in [3.05, 3.63) is 47.8 Å². The predicted molar refractivity (Wildman–Crippen MR) is 101 cm³/mol. The monoisotopic (exact) mass is 378 g/mol. The maximum Gasteiger partial charge on any atom is 0.356 e. The van der Waals surface area contributed by atoms with E-state index in [1.807, 2.05) is 0 Å². The van der Waals surface area contributed by atoms with Gasteiger partial charge in [-0.05, 0) is 25.1 Å². The topological polar surface area (TPSA) is 115 Å². The van der Waals surface area contributed by atoms with Gasteiger partial charge in [-0.2, -0.15) is 10.4 Å². The fourth-order valence-corrected chi connectivity index (χ4v) is 2.53. The summed E-state index contributed by atoms with van der Waals surface area (Å²) in [6, 6.07) is 10.4. The first-order chi connectivity index (χ1) is 13.5. The largest absolute Gasteiger partial charge is 0.497 e. The summed E-state index contributed by atoms with van der Waals surface area (Å²) < 4.78 is 11.7. The van der Waals surface area contributed by atoms with Crippen LogP contribution in [0.3, 0.4) is 0 Å². The standard InChI is InChI=1S/C19H18N6O3/c1-4-28-18(26)17-10-16(24-25(17)2)15-5-6-21-19(23-15)22-13-7-12(11-20)8-14(9-13)27-3/h5-10H,4H2,1-3H3,(H,21,22,23). The highest BCUT2D eigenvalue weighted by Crippen LogP contribution is 2.24. The third-order valence-electron chi connectivity index (χ3n) is 3.81. The minimum absolute atomic E-state index is 0.284. The van der Waals surface area contributed by atoms with E-state index >= 15 is 0 Å². The number of hydrogen-bond acceptors (Lipinski definition) is 8. The van der Waals surface area contributed by atoms with Gasteiger partial charge in [-0.1, -0.05) is 0 Å². The second-order valence-corrected chi connectivity index (χ2v) is 5.71. The Morgan fingerprint density at radius 1 is 1.29 bits per heavy atom. The molecule has 1 aromatic carbocycles. The lowest BCUT2D eigenvalue weighted by atomic mass is 10.2. The zero-order valence-electron chi connectivity index (χ0n) is 15.6. The summed E-state index contributed by atoms with van der Waals surface area (Å²) >= 11 is 0. The highest BCUT2D eigenvalue weighted by atomic mass is 16.5. The minimum atomic E-state index is -0.448. The molecule has 2 heterocycles. The molecule has 1 N–H and O–H groups in total. The molecular formula is C19H18N6O3. The van der Waals surface area contributed by atoms with E-state index in [9.17, 15) is 4.79 Å². The highest BCUT2D eigenvalue weighted by molar-refractivity contribution is 5.88. The van der Waals surface area contributed by atoms with Crippen molar-refractivity contribution >= 4 is 17.6 Å². The molecule has 0 radical (unpaired) electrons. The van der Waals surface area contributed by atoms with Crippen LogP contribution < -0.4 is 10.1 Å². The Morgan fingerprint density at radius 2 is 2.11 bits per heavy atom. The Balaban J connectivity index is 1.89. The molecule has 9 nitrogen and oxygen atoms in total. The summed E-state index contributed by atoms with van der Waals surface area (Å²) in [6.45, 7) is 2.03. The molecule has 0 unspecified atom stereocenters. The molecule has 0 atom stereocenters. The van der Waals surface area contributed by atoms with E-state index in [-0.39, 0.29) is 6.61 Å². The van der Waals surface area contributed by atoms with E-state index in [0.29, 0.717) is 40.0 Å². The second kappa shape index (κ2) is 8.18. The average molecular weight is 378 g/mol. The van der Waals surface area contributed by atoms with Crippen LogP contribution in [0.4, 0.5) is 11.6 Å². The van der Waals surface area contributed by atoms with Gasteiger partial charge < -0.3 is 14.8 Å². The zero-order valence-corrected chi connectivity index (χ0v) is 15.6. The lowest BCUT2D eigenvalue weighted by molar-refractivity contribution is 0.0513. The Morgan fingerprint density at radius 3 is 2.82 bits per heavy atom. The number of anilines is 2. The van der Waals surface area contributed by atoms with Gasteiger partial charge in [0.1, 0.15) is 17.1 Å². The van der Waals surface area contributed by atoms with Crippen molar-refractivity contribution in [2.45, 2.75) is 6.92 Å². The van der Waals surface area contributed by atoms with Gasteiger partial charge in [-0.3, -0.25) is 4.68 Å².